The summed E-state index contributed by atoms with van der Waals surface area (Å²) in [6.07, 6.45) is 2.01. The lowest BCUT2D eigenvalue weighted by molar-refractivity contribution is 0.0914. The van der Waals surface area contributed by atoms with Crippen LogP contribution in [0.25, 0.3) is 5.69 Å². The molecule has 6 nitrogen and oxygen atoms in total. The van der Waals surface area contributed by atoms with Crippen molar-refractivity contribution in [3.8, 4) is 5.69 Å². The molecule has 2 aromatic carbocycles. The van der Waals surface area contributed by atoms with Crippen LogP contribution in [0.5, 0.6) is 0 Å². The summed E-state index contributed by atoms with van der Waals surface area (Å²) in [4.78, 5) is 12.1. The van der Waals surface area contributed by atoms with E-state index in [1.807, 2.05) is 0 Å². The van der Waals surface area contributed by atoms with Gasteiger partial charge >= 0.3 is 0 Å². The molecule has 0 aliphatic heterocycles. The fourth-order valence-corrected chi connectivity index (χ4v) is 2.27. The van der Waals surface area contributed by atoms with Gasteiger partial charge in [0.1, 0.15) is 18.5 Å². The van der Waals surface area contributed by atoms with Crippen molar-refractivity contribution < 1.29 is 14.3 Å². The molecule has 0 aliphatic rings. The Bertz CT molecular complexity index is 819. The number of rotatable bonds is 5. The largest absolute Gasteiger partial charge is 0.386 e. The van der Waals surface area contributed by atoms with E-state index in [0.717, 1.165) is 5.69 Å². The third-order valence-corrected chi connectivity index (χ3v) is 3.57. The van der Waals surface area contributed by atoms with Crippen LogP contribution in [0.4, 0.5) is 4.39 Å². The molecule has 1 aromatic heterocycles. The van der Waals surface area contributed by atoms with Crippen LogP contribution in [0.3, 0.4) is 0 Å². The number of amides is 1. The summed E-state index contributed by atoms with van der Waals surface area (Å²) < 4.78 is 15.3. The minimum Gasteiger partial charge on any atom is -0.386 e. The molecule has 0 bridgehead atoms. The Labute approximate surface area is 137 Å². The highest BCUT2D eigenvalue weighted by atomic mass is 19.1. The maximum absolute atomic E-state index is 13.6. The normalized spacial score (nSPS) is 11.9. The lowest BCUT2D eigenvalue weighted by Gasteiger charge is -2.13. The Balaban J connectivity index is 1.62. The average molecular weight is 326 g/mol. The fourth-order valence-electron chi connectivity index (χ4n) is 2.27. The second kappa shape index (κ2) is 7.01. The third kappa shape index (κ3) is 3.47. The summed E-state index contributed by atoms with van der Waals surface area (Å²) in [5.74, 6) is -0.849. The first-order valence-electron chi connectivity index (χ1n) is 7.31. The minimum atomic E-state index is -1.11. The Morgan fingerprint density at radius 2 is 1.79 bits per heavy atom. The van der Waals surface area contributed by atoms with Crippen LogP contribution in [0.15, 0.2) is 61.2 Å². The second-order valence-corrected chi connectivity index (χ2v) is 5.16. The van der Waals surface area contributed by atoms with E-state index in [4.69, 9.17) is 0 Å². The van der Waals surface area contributed by atoms with E-state index in [9.17, 15) is 14.3 Å². The third-order valence-electron chi connectivity index (χ3n) is 3.57. The van der Waals surface area contributed by atoms with Crippen molar-refractivity contribution in [2.45, 2.75) is 6.10 Å². The molecular weight excluding hydrogens is 311 g/mol. The highest BCUT2D eigenvalue weighted by Gasteiger charge is 2.14. The Hall–Kier alpha value is -3.06. The van der Waals surface area contributed by atoms with E-state index >= 15 is 0 Å². The second-order valence-electron chi connectivity index (χ2n) is 5.16. The van der Waals surface area contributed by atoms with Crippen molar-refractivity contribution in [3.63, 3.8) is 0 Å². The van der Waals surface area contributed by atoms with Gasteiger partial charge in [-0.3, -0.25) is 9.36 Å². The molecule has 122 valence electrons. The molecular formula is C17H15FN4O2. The van der Waals surface area contributed by atoms with Crippen LogP contribution in [0, 0.1) is 5.82 Å². The van der Waals surface area contributed by atoms with Crippen LogP contribution in [-0.2, 0) is 0 Å². The van der Waals surface area contributed by atoms with Gasteiger partial charge in [-0.1, -0.05) is 18.2 Å². The monoisotopic (exact) mass is 326 g/mol. The van der Waals surface area contributed by atoms with Gasteiger partial charge in [0.05, 0.1) is 6.10 Å². The molecule has 7 heteroatoms. The average Bonchev–Trinajstić information content (AvgIpc) is 3.14. The lowest BCUT2D eigenvalue weighted by Crippen LogP contribution is -2.28. The molecule has 0 saturated heterocycles. The summed E-state index contributed by atoms with van der Waals surface area (Å²) >= 11 is 0. The number of aliphatic hydroxyl groups excluding tert-OH is 1. The van der Waals surface area contributed by atoms with E-state index in [-0.39, 0.29) is 18.0 Å². The van der Waals surface area contributed by atoms with Crippen molar-refractivity contribution >= 4 is 5.91 Å². The van der Waals surface area contributed by atoms with Gasteiger partial charge in [-0.2, -0.15) is 0 Å². The van der Waals surface area contributed by atoms with Crippen LogP contribution in [0.1, 0.15) is 22.0 Å². The molecule has 1 atom stereocenters. The van der Waals surface area contributed by atoms with Gasteiger partial charge in [-0.25, -0.2) is 4.39 Å². The van der Waals surface area contributed by atoms with Gasteiger partial charge in [0, 0.05) is 23.4 Å². The molecule has 0 saturated carbocycles. The quantitative estimate of drug-likeness (QED) is 0.750. The first kappa shape index (κ1) is 15.8. The zero-order valence-electron chi connectivity index (χ0n) is 12.6. The topological polar surface area (TPSA) is 80.0 Å². The van der Waals surface area contributed by atoms with Crippen molar-refractivity contribution in [2.75, 3.05) is 6.54 Å². The first-order chi connectivity index (χ1) is 11.6. The fraction of sp³-hybridized carbons (Fsp3) is 0.118. The number of benzene rings is 2. The van der Waals surface area contributed by atoms with Crippen molar-refractivity contribution in [2.24, 2.45) is 0 Å². The van der Waals surface area contributed by atoms with Gasteiger partial charge in [0.15, 0.2) is 0 Å². The molecule has 1 unspecified atom stereocenters. The zero-order valence-corrected chi connectivity index (χ0v) is 12.6. The molecule has 3 rings (SSSR count). The summed E-state index contributed by atoms with van der Waals surface area (Å²) in [5, 5.41) is 20.0. The molecule has 2 N–H and O–H groups in total. The molecule has 0 spiro atoms. The van der Waals surface area contributed by atoms with E-state index in [1.165, 1.54) is 12.1 Å². The number of hydrogen-bond donors (Lipinski definition) is 2. The molecule has 1 heterocycles. The van der Waals surface area contributed by atoms with Crippen LogP contribution in [0.2, 0.25) is 0 Å². The number of carbonyl (C=O) groups is 1. The molecule has 24 heavy (non-hydrogen) atoms. The number of nitrogens with one attached hydrogen (secondary N) is 1. The highest BCUT2D eigenvalue weighted by molar-refractivity contribution is 5.94. The van der Waals surface area contributed by atoms with Crippen molar-refractivity contribution in [1.29, 1.82) is 0 Å². The summed E-state index contributed by atoms with van der Waals surface area (Å²) in [5.41, 5.74) is 1.41. The SMILES string of the molecule is O=C(NCC(O)c1ccccc1F)c1ccc(-n2cnnc2)cc1. The maximum atomic E-state index is 13.6. The molecule has 3 aromatic rings. The van der Waals surface area contributed by atoms with E-state index < -0.39 is 11.9 Å². The predicted molar refractivity (Wildman–Crippen MR) is 85.1 cm³/mol. The lowest BCUT2D eigenvalue weighted by atomic mass is 10.1. The number of carbonyl (C=O) groups excluding carboxylic acids is 1. The van der Waals surface area contributed by atoms with Gasteiger partial charge in [-0.15, -0.1) is 10.2 Å². The Kier molecular flexibility index (Phi) is 4.62. The number of aromatic nitrogens is 3. The van der Waals surface area contributed by atoms with Gasteiger partial charge < -0.3 is 10.4 Å². The molecule has 0 fully saturated rings. The number of halogens is 1. The molecule has 0 aliphatic carbocycles. The smallest absolute Gasteiger partial charge is 0.251 e. The van der Waals surface area contributed by atoms with E-state index in [2.05, 4.69) is 15.5 Å². The summed E-state index contributed by atoms with van der Waals surface area (Å²) in [6, 6.07) is 12.7. The maximum Gasteiger partial charge on any atom is 0.251 e. The zero-order chi connectivity index (χ0) is 16.9. The minimum absolute atomic E-state index is 0.0764. The van der Waals surface area contributed by atoms with E-state index in [0.29, 0.717) is 5.56 Å². The Morgan fingerprint density at radius 3 is 2.46 bits per heavy atom. The van der Waals surface area contributed by atoms with Crippen LogP contribution in [-0.4, -0.2) is 32.3 Å². The summed E-state index contributed by atoms with van der Waals surface area (Å²) in [7, 11) is 0. The van der Waals surface area contributed by atoms with Gasteiger partial charge in [-0.05, 0) is 30.3 Å². The number of hydrogen-bond acceptors (Lipinski definition) is 4. The molecule has 0 radical (unpaired) electrons. The standard InChI is InChI=1S/C17H15FN4O2/c18-15-4-2-1-3-14(15)16(23)9-19-17(24)12-5-7-13(8-6-12)22-10-20-21-11-22/h1-8,10-11,16,23H,9H2,(H,19,24). The van der Waals surface area contributed by atoms with Crippen molar-refractivity contribution in [1.82, 2.24) is 20.1 Å². The van der Waals surface area contributed by atoms with Crippen LogP contribution >= 0.6 is 0 Å². The Morgan fingerprint density at radius 1 is 1.12 bits per heavy atom. The van der Waals surface area contributed by atoms with Gasteiger partial charge in [0.2, 0.25) is 0 Å². The van der Waals surface area contributed by atoms with E-state index in [1.54, 1.807) is 53.6 Å². The van der Waals surface area contributed by atoms with Crippen LogP contribution < -0.4 is 5.32 Å². The predicted octanol–water partition coefficient (Wildman–Crippen LogP) is 1.87. The number of aliphatic hydroxyl groups is 1. The molecule has 1 amide bonds. The van der Waals surface area contributed by atoms with Crippen molar-refractivity contribution in [3.05, 3.63) is 78.1 Å². The first-order valence-corrected chi connectivity index (χ1v) is 7.31. The van der Waals surface area contributed by atoms with Gasteiger partial charge in [0.25, 0.3) is 5.91 Å². The highest BCUT2D eigenvalue weighted by Crippen LogP contribution is 2.16. The number of nitrogens with zero attached hydrogens (tertiary/aromatic N) is 3. The summed E-state index contributed by atoms with van der Waals surface area (Å²) in [6.45, 7) is -0.0764.